The number of aromatic nitrogens is 1. The predicted octanol–water partition coefficient (Wildman–Crippen LogP) is -0.778. The van der Waals surface area contributed by atoms with E-state index in [2.05, 4.69) is 4.98 Å². The molecule has 10 nitrogen and oxygen atoms in total. The second kappa shape index (κ2) is 8.69. The first kappa shape index (κ1) is 19.2. The Morgan fingerprint density at radius 1 is 0.958 bits per heavy atom. The number of benzene rings is 1. The number of hydrogen-bond donors (Lipinski definition) is 5. The number of hydrazine groups is 2. The van der Waals surface area contributed by atoms with Crippen molar-refractivity contribution in [2.24, 2.45) is 11.7 Å². The number of carbonyl (C=O) groups excluding carboxylic acids is 2. The van der Waals surface area contributed by atoms with E-state index in [1.165, 1.54) is 30.5 Å². The molecule has 2 rings (SSSR count). The van der Waals surface area contributed by atoms with Gasteiger partial charge in [0.15, 0.2) is 0 Å². The number of carbonyl (C=O) groups is 2. The third-order valence-corrected chi connectivity index (χ3v) is 3.44. The fourth-order valence-electron chi connectivity index (χ4n) is 1.51. The maximum absolute atomic E-state index is 11.2. The summed E-state index contributed by atoms with van der Waals surface area (Å²) < 4.78 is 29.2. The van der Waals surface area contributed by atoms with Crippen LogP contribution in [0, 0.1) is 0 Å². The highest BCUT2D eigenvalue weighted by atomic mass is 32.2. The molecule has 1 heterocycles. The van der Waals surface area contributed by atoms with Crippen LogP contribution in [0.25, 0.3) is 0 Å². The van der Waals surface area contributed by atoms with Gasteiger partial charge in [-0.1, -0.05) is 18.2 Å². The van der Waals surface area contributed by atoms with Gasteiger partial charge in [-0.3, -0.25) is 30.0 Å². The zero-order valence-corrected chi connectivity index (χ0v) is 13.0. The van der Waals surface area contributed by atoms with Crippen LogP contribution < -0.4 is 22.5 Å². The van der Waals surface area contributed by atoms with Gasteiger partial charge in [0.05, 0.1) is 10.5 Å². The minimum atomic E-state index is -4.00. The van der Waals surface area contributed by atoms with E-state index in [9.17, 15) is 18.0 Å². The number of rotatable bonds is 3. The summed E-state index contributed by atoms with van der Waals surface area (Å²) in [6.45, 7) is 0. The summed E-state index contributed by atoms with van der Waals surface area (Å²) in [7, 11) is -4.00. The fourth-order valence-corrected chi connectivity index (χ4v) is 2.01. The largest absolute Gasteiger partial charge is 0.294 e. The summed E-state index contributed by atoms with van der Waals surface area (Å²) in [5, 5.41) is 0. The molecule has 0 atom stereocenters. The van der Waals surface area contributed by atoms with Crippen molar-refractivity contribution in [2.45, 2.75) is 4.90 Å². The van der Waals surface area contributed by atoms with Crippen LogP contribution in [0.15, 0.2) is 53.6 Å². The Balaban J connectivity index is 0.000000254. The summed E-state index contributed by atoms with van der Waals surface area (Å²) in [5.74, 6) is 8.59. The van der Waals surface area contributed by atoms with Crippen LogP contribution in [0.2, 0.25) is 0 Å². The summed E-state index contributed by atoms with van der Waals surface area (Å²) in [6.07, 6.45) is 1.37. The Bertz CT molecular complexity index is 776. The molecule has 2 aromatic rings. The van der Waals surface area contributed by atoms with Crippen LogP contribution in [-0.4, -0.2) is 29.8 Å². The Hall–Kier alpha value is -2.86. The maximum atomic E-state index is 11.2. The highest BCUT2D eigenvalue weighted by Gasteiger charge is 2.16. The second-order valence-electron chi connectivity index (χ2n) is 4.13. The standard InChI is InChI=1S/C7H9N5O2.C6H6O3S/c8-11-6(13)4-2-1-3-10-5(4)7(14)12-9;7-10(8,9)6-4-2-1-3-5-6/h1-3H,8-9H2,(H,11,13)(H,12,14);1-5H,(H,7,8,9). The minimum absolute atomic E-state index is 0.0675. The highest BCUT2D eigenvalue weighted by Crippen LogP contribution is 2.05. The van der Waals surface area contributed by atoms with E-state index in [1.54, 1.807) is 18.2 Å². The van der Waals surface area contributed by atoms with Gasteiger partial charge in [0.25, 0.3) is 21.9 Å². The van der Waals surface area contributed by atoms with Gasteiger partial charge in [-0.05, 0) is 24.3 Å². The van der Waals surface area contributed by atoms with Gasteiger partial charge in [0, 0.05) is 6.20 Å². The third-order valence-electron chi connectivity index (χ3n) is 2.57. The molecule has 0 unspecified atom stereocenters. The van der Waals surface area contributed by atoms with Crippen LogP contribution in [0.5, 0.6) is 0 Å². The number of amides is 2. The topological polar surface area (TPSA) is 177 Å². The molecule has 0 bridgehead atoms. The quantitative estimate of drug-likeness (QED) is 0.206. The molecule has 0 fully saturated rings. The molecule has 0 saturated heterocycles. The number of nitrogens with one attached hydrogen (secondary N) is 2. The predicted molar refractivity (Wildman–Crippen MR) is 83.8 cm³/mol. The Morgan fingerprint density at radius 3 is 2.00 bits per heavy atom. The molecule has 0 aliphatic carbocycles. The SMILES string of the molecule is NNC(=O)c1cccnc1C(=O)NN.O=S(=O)(O)c1ccccc1. The normalized spacial score (nSPS) is 10.1. The monoisotopic (exact) mass is 353 g/mol. The van der Waals surface area contributed by atoms with Crippen LogP contribution in [0.4, 0.5) is 0 Å². The number of nitrogen functional groups attached to an aromatic ring is 2. The van der Waals surface area contributed by atoms with Crippen molar-refractivity contribution >= 4 is 21.9 Å². The Labute approximate surface area is 137 Å². The molecule has 0 radical (unpaired) electrons. The van der Waals surface area contributed by atoms with Gasteiger partial charge in [-0.2, -0.15) is 8.42 Å². The van der Waals surface area contributed by atoms with Gasteiger partial charge in [0.1, 0.15) is 5.69 Å². The molecule has 1 aromatic heterocycles. The molecule has 0 saturated carbocycles. The number of hydrogen-bond acceptors (Lipinski definition) is 7. The zero-order chi connectivity index (χ0) is 18.2. The van der Waals surface area contributed by atoms with Gasteiger partial charge >= 0.3 is 0 Å². The van der Waals surface area contributed by atoms with E-state index in [4.69, 9.17) is 16.2 Å². The van der Waals surface area contributed by atoms with Crippen LogP contribution in [0.3, 0.4) is 0 Å². The lowest BCUT2D eigenvalue weighted by atomic mass is 10.2. The Morgan fingerprint density at radius 2 is 1.54 bits per heavy atom. The molecule has 0 spiro atoms. The molecule has 2 amide bonds. The van der Waals surface area contributed by atoms with E-state index in [-0.39, 0.29) is 16.2 Å². The van der Waals surface area contributed by atoms with Crippen LogP contribution in [0.1, 0.15) is 20.8 Å². The average molecular weight is 353 g/mol. The molecule has 24 heavy (non-hydrogen) atoms. The summed E-state index contributed by atoms with van der Waals surface area (Å²) in [4.78, 5) is 25.9. The van der Waals surface area contributed by atoms with Gasteiger partial charge in [0.2, 0.25) is 0 Å². The number of nitrogens with two attached hydrogens (primary N) is 2. The van der Waals surface area contributed by atoms with Crippen molar-refractivity contribution in [2.75, 3.05) is 0 Å². The highest BCUT2D eigenvalue weighted by molar-refractivity contribution is 7.85. The van der Waals surface area contributed by atoms with Crippen LogP contribution >= 0.6 is 0 Å². The first-order valence-electron chi connectivity index (χ1n) is 6.30. The lowest BCUT2D eigenvalue weighted by Gasteiger charge is -2.04. The van der Waals surface area contributed by atoms with Gasteiger partial charge in [-0.15, -0.1) is 0 Å². The third kappa shape index (κ3) is 5.40. The molecular formula is C13H15N5O5S. The van der Waals surface area contributed by atoms with E-state index in [0.717, 1.165) is 0 Å². The van der Waals surface area contributed by atoms with Crippen LogP contribution in [-0.2, 0) is 10.1 Å². The second-order valence-corrected chi connectivity index (χ2v) is 5.56. The smallest absolute Gasteiger partial charge is 0.290 e. The van der Waals surface area contributed by atoms with Crippen molar-refractivity contribution < 1.29 is 22.6 Å². The van der Waals surface area contributed by atoms with Gasteiger partial charge < -0.3 is 0 Å². The van der Waals surface area contributed by atoms with Crippen molar-refractivity contribution in [3.8, 4) is 0 Å². The summed E-state index contributed by atoms with van der Waals surface area (Å²) in [6, 6.07) is 10.4. The molecule has 1 aromatic carbocycles. The van der Waals surface area contributed by atoms with E-state index < -0.39 is 21.9 Å². The van der Waals surface area contributed by atoms with Gasteiger partial charge in [-0.25, -0.2) is 11.7 Å². The molecule has 7 N–H and O–H groups in total. The maximum Gasteiger partial charge on any atom is 0.294 e. The minimum Gasteiger partial charge on any atom is -0.290 e. The van der Waals surface area contributed by atoms with Crippen molar-refractivity contribution in [1.82, 2.24) is 15.8 Å². The summed E-state index contributed by atoms with van der Waals surface area (Å²) in [5.41, 5.74) is 3.78. The Kier molecular flexibility index (Phi) is 6.95. The lowest BCUT2D eigenvalue weighted by Crippen LogP contribution is -2.35. The number of nitrogens with zero attached hydrogens (tertiary/aromatic N) is 1. The first-order chi connectivity index (χ1) is 11.3. The summed E-state index contributed by atoms with van der Waals surface area (Å²) >= 11 is 0. The molecule has 128 valence electrons. The molecule has 0 aliphatic heterocycles. The number of pyridine rings is 1. The zero-order valence-electron chi connectivity index (χ0n) is 12.2. The van der Waals surface area contributed by atoms with E-state index >= 15 is 0 Å². The first-order valence-corrected chi connectivity index (χ1v) is 7.74. The average Bonchev–Trinajstić information content (AvgIpc) is 2.61. The fraction of sp³-hybridized carbons (Fsp3) is 0. The molecule has 11 heteroatoms. The van der Waals surface area contributed by atoms with E-state index in [0.29, 0.717) is 0 Å². The van der Waals surface area contributed by atoms with Crippen molar-refractivity contribution in [3.63, 3.8) is 0 Å². The van der Waals surface area contributed by atoms with E-state index in [1.807, 2.05) is 10.9 Å². The van der Waals surface area contributed by atoms with Crippen molar-refractivity contribution in [3.05, 3.63) is 59.9 Å². The lowest BCUT2D eigenvalue weighted by molar-refractivity contribution is 0.0915. The molecule has 0 aliphatic rings. The molecular weight excluding hydrogens is 338 g/mol. The van der Waals surface area contributed by atoms with Crippen molar-refractivity contribution in [1.29, 1.82) is 0 Å².